The molecule has 3 aromatic rings. The van der Waals surface area contributed by atoms with Crippen LogP contribution in [0.1, 0.15) is 0 Å². The van der Waals surface area contributed by atoms with Gasteiger partial charge in [-0.15, -0.1) is 0 Å². The van der Waals surface area contributed by atoms with Crippen LogP contribution < -0.4 is 16.4 Å². The smallest absolute Gasteiger partial charge is 0.207 e. The zero-order valence-corrected chi connectivity index (χ0v) is 14.3. The Morgan fingerprint density at radius 2 is 0.613 bits per heavy atom. The molecule has 3 rings (SSSR count). The van der Waals surface area contributed by atoms with Crippen LogP contribution in [0, 0.1) is 69.8 Å². The molecule has 0 aliphatic heterocycles. The van der Waals surface area contributed by atoms with E-state index < -0.39 is 92.9 Å². The van der Waals surface area contributed by atoms with E-state index in [2.05, 4.69) is 0 Å². The molecule has 13 heteroatoms. The van der Waals surface area contributed by atoms with Crippen LogP contribution >= 0.6 is 0 Å². The molecule has 0 bridgehead atoms. The monoisotopic (exact) mass is 458 g/mol. The summed E-state index contributed by atoms with van der Waals surface area (Å²) in [4.78, 5) is 0. The topological polar surface area (TPSA) is 0 Å². The Morgan fingerprint density at radius 1 is 0.355 bits per heavy atom. The summed E-state index contributed by atoms with van der Waals surface area (Å²) in [6.07, 6.45) is 0. The van der Waals surface area contributed by atoms with Crippen LogP contribution in [-0.4, -0.2) is 6.71 Å². The molecule has 0 spiro atoms. The maximum Gasteiger partial charge on any atom is 0.264 e. The average Bonchev–Trinajstić information content (AvgIpc) is 2.73. The highest BCUT2D eigenvalue weighted by Crippen LogP contribution is 2.21. The van der Waals surface area contributed by atoms with Gasteiger partial charge in [0, 0.05) is 16.4 Å². The second kappa shape index (κ2) is 7.86. The van der Waals surface area contributed by atoms with Crippen LogP contribution in [0.4, 0.5) is 52.7 Å². The van der Waals surface area contributed by atoms with E-state index in [0.717, 1.165) is 0 Å². The lowest BCUT2D eigenvalue weighted by atomic mass is 9.36. The normalized spacial score (nSPS) is 11.2. The van der Waals surface area contributed by atoms with Gasteiger partial charge in [-0.3, -0.25) is 0 Å². The molecular formula is C18H3BF12. The maximum atomic E-state index is 14.4. The van der Waals surface area contributed by atoms with E-state index in [1.165, 1.54) is 0 Å². The predicted molar refractivity (Wildman–Crippen MR) is 83.5 cm³/mol. The molecule has 31 heavy (non-hydrogen) atoms. The van der Waals surface area contributed by atoms with Gasteiger partial charge in [-0.05, 0) is 12.1 Å². The Balaban J connectivity index is 2.59. The standard InChI is InChI=1S/C18H3BF12/c20-4-2-1-3-5(21)6(4)19(7-9(22)13(26)17(30)14(27)10(7)23)8-11(24)15(28)18(31)16(29)12(8)25/h1-3H. The minimum absolute atomic E-state index is 0.365. The van der Waals surface area contributed by atoms with E-state index in [4.69, 9.17) is 0 Å². The minimum Gasteiger partial charge on any atom is -0.207 e. The average molecular weight is 458 g/mol. The molecule has 0 radical (unpaired) electrons. The van der Waals surface area contributed by atoms with Gasteiger partial charge in [0.2, 0.25) is 0 Å². The largest absolute Gasteiger partial charge is 0.264 e. The van der Waals surface area contributed by atoms with Crippen LogP contribution in [0.5, 0.6) is 0 Å². The van der Waals surface area contributed by atoms with Gasteiger partial charge in [-0.1, -0.05) is 6.07 Å². The van der Waals surface area contributed by atoms with Crippen molar-refractivity contribution in [2.75, 3.05) is 0 Å². The van der Waals surface area contributed by atoms with Crippen molar-refractivity contribution in [2.24, 2.45) is 0 Å². The fourth-order valence-corrected chi connectivity index (χ4v) is 2.97. The molecule has 0 aliphatic rings. The first-order chi connectivity index (χ1) is 14.4. The van der Waals surface area contributed by atoms with Crippen LogP contribution in [0.25, 0.3) is 0 Å². The van der Waals surface area contributed by atoms with Crippen molar-refractivity contribution in [3.8, 4) is 0 Å². The predicted octanol–water partition coefficient (Wildman–Crippen LogP) is 3.87. The zero-order chi connectivity index (χ0) is 23.4. The SMILES string of the molecule is Fc1cccc(F)c1B(c1c(F)c(F)c(F)c(F)c1F)c1c(F)c(F)c(F)c(F)c1F. The van der Waals surface area contributed by atoms with E-state index in [1.807, 2.05) is 0 Å². The van der Waals surface area contributed by atoms with Crippen LogP contribution in [0.2, 0.25) is 0 Å². The van der Waals surface area contributed by atoms with E-state index in [9.17, 15) is 52.7 Å². The highest BCUT2D eigenvalue weighted by molar-refractivity contribution is 6.95. The molecule has 3 aromatic carbocycles. The Labute approximate surface area is 164 Å². The minimum atomic E-state index is -3.30. The lowest BCUT2D eigenvalue weighted by molar-refractivity contribution is 0.382. The van der Waals surface area contributed by atoms with Crippen molar-refractivity contribution in [2.45, 2.75) is 0 Å². The molecule has 0 fully saturated rings. The quantitative estimate of drug-likeness (QED) is 0.242. The maximum absolute atomic E-state index is 14.4. The molecule has 162 valence electrons. The Bertz CT molecular complexity index is 1080. The number of benzene rings is 3. The second-order valence-corrected chi connectivity index (χ2v) is 6.04. The molecule has 0 aliphatic carbocycles. The Morgan fingerprint density at radius 3 is 0.903 bits per heavy atom. The lowest BCUT2D eigenvalue weighted by Gasteiger charge is -2.20. The first-order valence-corrected chi connectivity index (χ1v) is 7.88. The molecule has 0 N–H and O–H groups in total. The number of hydrogen-bond donors (Lipinski definition) is 0. The Hall–Kier alpha value is -3.12. The van der Waals surface area contributed by atoms with Crippen molar-refractivity contribution in [3.05, 3.63) is 88.0 Å². The summed E-state index contributed by atoms with van der Waals surface area (Å²) in [5, 5.41) is 0. The summed E-state index contributed by atoms with van der Waals surface area (Å²) in [6, 6.07) is 1.38. The highest BCUT2D eigenvalue weighted by Gasteiger charge is 2.42. The van der Waals surface area contributed by atoms with Gasteiger partial charge in [0.05, 0.1) is 0 Å². The van der Waals surface area contributed by atoms with Gasteiger partial charge in [0.25, 0.3) is 6.71 Å². The Kier molecular flexibility index (Phi) is 5.72. The first kappa shape index (κ1) is 22.6. The molecule has 0 amide bonds. The van der Waals surface area contributed by atoms with E-state index in [1.54, 1.807) is 0 Å². The van der Waals surface area contributed by atoms with Crippen LogP contribution in [0.3, 0.4) is 0 Å². The lowest BCUT2D eigenvalue weighted by Crippen LogP contribution is -2.60. The van der Waals surface area contributed by atoms with Crippen LogP contribution in [0.15, 0.2) is 18.2 Å². The molecule has 0 aromatic heterocycles. The fourth-order valence-electron chi connectivity index (χ4n) is 2.97. The van der Waals surface area contributed by atoms with Crippen molar-refractivity contribution in [3.63, 3.8) is 0 Å². The zero-order valence-electron chi connectivity index (χ0n) is 14.3. The molecular weight excluding hydrogens is 455 g/mol. The molecule has 0 heterocycles. The van der Waals surface area contributed by atoms with E-state index in [-0.39, 0.29) is 0 Å². The molecule has 0 nitrogen and oxygen atoms in total. The number of rotatable bonds is 3. The van der Waals surface area contributed by atoms with E-state index >= 15 is 0 Å². The summed E-state index contributed by atoms with van der Waals surface area (Å²) in [5.74, 6) is -31.1. The van der Waals surface area contributed by atoms with Crippen molar-refractivity contribution in [1.82, 2.24) is 0 Å². The third-order valence-corrected chi connectivity index (χ3v) is 4.35. The molecule has 0 atom stereocenters. The molecule has 0 saturated carbocycles. The summed E-state index contributed by atoms with van der Waals surface area (Å²) in [7, 11) is 0. The van der Waals surface area contributed by atoms with Crippen molar-refractivity contribution < 1.29 is 52.7 Å². The number of halogens is 12. The van der Waals surface area contributed by atoms with Gasteiger partial charge >= 0.3 is 0 Å². The van der Waals surface area contributed by atoms with Gasteiger partial charge < -0.3 is 0 Å². The van der Waals surface area contributed by atoms with Crippen molar-refractivity contribution in [1.29, 1.82) is 0 Å². The summed E-state index contributed by atoms with van der Waals surface area (Å²) >= 11 is 0. The fraction of sp³-hybridized carbons (Fsp3) is 0. The van der Waals surface area contributed by atoms with Gasteiger partial charge in [0.1, 0.15) is 11.6 Å². The first-order valence-electron chi connectivity index (χ1n) is 7.88. The van der Waals surface area contributed by atoms with E-state index in [0.29, 0.717) is 18.2 Å². The highest BCUT2D eigenvalue weighted by atomic mass is 19.2. The third-order valence-electron chi connectivity index (χ3n) is 4.35. The summed E-state index contributed by atoms with van der Waals surface area (Å²) in [6.45, 7) is -3.30. The third kappa shape index (κ3) is 3.31. The summed E-state index contributed by atoms with van der Waals surface area (Å²) in [5.41, 5.74) is -6.19. The number of hydrogen-bond acceptors (Lipinski definition) is 0. The van der Waals surface area contributed by atoms with Gasteiger partial charge in [-0.2, -0.15) is 0 Å². The van der Waals surface area contributed by atoms with Gasteiger partial charge in [-0.25, -0.2) is 52.7 Å². The summed E-state index contributed by atoms with van der Waals surface area (Å²) < 4.78 is 167. The second-order valence-electron chi connectivity index (χ2n) is 6.04. The van der Waals surface area contributed by atoms with Gasteiger partial charge in [0.15, 0.2) is 58.2 Å². The van der Waals surface area contributed by atoms with Crippen molar-refractivity contribution >= 4 is 23.1 Å². The van der Waals surface area contributed by atoms with Crippen LogP contribution in [-0.2, 0) is 0 Å². The molecule has 0 unspecified atom stereocenters. The molecule has 0 saturated heterocycles.